The zero-order chi connectivity index (χ0) is 21.7. The van der Waals surface area contributed by atoms with Crippen molar-refractivity contribution in [3.63, 3.8) is 0 Å². The average Bonchev–Trinajstić information content (AvgIpc) is 2.76. The second-order valence-corrected chi connectivity index (χ2v) is 6.69. The van der Waals surface area contributed by atoms with Gasteiger partial charge < -0.3 is 24.6 Å². The highest BCUT2D eigenvalue weighted by Crippen LogP contribution is 2.29. The van der Waals surface area contributed by atoms with Crippen molar-refractivity contribution >= 4 is 22.6 Å². The van der Waals surface area contributed by atoms with Crippen LogP contribution in [0.1, 0.15) is 28.9 Å². The van der Waals surface area contributed by atoms with Gasteiger partial charge in [0.15, 0.2) is 6.61 Å². The molecule has 30 heavy (non-hydrogen) atoms. The molecule has 2 N–H and O–H groups in total. The molecule has 0 spiro atoms. The Kier molecular flexibility index (Phi) is 6.41. The first kappa shape index (κ1) is 21.0. The molecule has 3 aromatic rings. The molecule has 7 nitrogen and oxygen atoms in total. The normalized spacial score (nSPS) is 11.6. The summed E-state index contributed by atoms with van der Waals surface area (Å²) < 4.78 is 15.6. The molecule has 0 bridgehead atoms. The lowest BCUT2D eigenvalue weighted by Crippen LogP contribution is -2.31. The first-order valence-corrected chi connectivity index (χ1v) is 9.33. The van der Waals surface area contributed by atoms with Crippen molar-refractivity contribution in [1.82, 2.24) is 5.32 Å². The summed E-state index contributed by atoms with van der Waals surface area (Å²) in [5, 5.41) is 14.5. The lowest BCUT2D eigenvalue weighted by Gasteiger charge is -2.18. The first-order valence-electron chi connectivity index (χ1n) is 9.33. The Balaban J connectivity index is 1.65. The van der Waals surface area contributed by atoms with Crippen LogP contribution in [-0.2, 0) is 9.53 Å². The molecular weight excluding hydrogens is 386 g/mol. The smallest absolute Gasteiger partial charge is 0.342 e. The quantitative estimate of drug-likeness (QED) is 0.579. The summed E-state index contributed by atoms with van der Waals surface area (Å²) in [4.78, 5) is 24.6. The largest absolute Gasteiger partial charge is 0.507 e. The molecule has 0 heterocycles. The van der Waals surface area contributed by atoms with Crippen LogP contribution in [-0.4, -0.2) is 37.8 Å². The van der Waals surface area contributed by atoms with Crippen molar-refractivity contribution in [2.75, 3.05) is 20.8 Å². The van der Waals surface area contributed by atoms with Gasteiger partial charge in [0.25, 0.3) is 5.91 Å². The average molecular weight is 409 g/mol. The number of ether oxygens (including phenoxy) is 3. The zero-order valence-corrected chi connectivity index (χ0v) is 17.0. The molecule has 3 aromatic carbocycles. The molecule has 0 aliphatic heterocycles. The van der Waals surface area contributed by atoms with Crippen LogP contribution in [0.3, 0.4) is 0 Å². The van der Waals surface area contributed by atoms with E-state index in [1.807, 2.05) is 24.3 Å². The van der Waals surface area contributed by atoms with E-state index in [2.05, 4.69) is 5.32 Å². The third-order valence-electron chi connectivity index (χ3n) is 4.70. The molecule has 0 unspecified atom stereocenters. The number of esters is 1. The summed E-state index contributed by atoms with van der Waals surface area (Å²) in [5.74, 6) is -0.235. The van der Waals surface area contributed by atoms with E-state index in [9.17, 15) is 14.7 Å². The predicted molar refractivity (Wildman–Crippen MR) is 112 cm³/mol. The molecule has 0 saturated heterocycles. The number of fused-ring (bicyclic) bond motifs is 1. The van der Waals surface area contributed by atoms with Gasteiger partial charge in [0.1, 0.15) is 22.8 Å². The Morgan fingerprint density at radius 2 is 1.70 bits per heavy atom. The van der Waals surface area contributed by atoms with Crippen molar-refractivity contribution in [1.29, 1.82) is 0 Å². The van der Waals surface area contributed by atoms with Crippen molar-refractivity contribution in [3.8, 4) is 17.2 Å². The van der Waals surface area contributed by atoms with E-state index in [1.54, 1.807) is 32.2 Å². The molecule has 0 aliphatic carbocycles. The number of benzene rings is 3. The molecule has 0 fully saturated rings. The molecule has 0 aromatic heterocycles. The number of methoxy groups -OCH3 is 2. The van der Waals surface area contributed by atoms with Crippen molar-refractivity contribution in [3.05, 3.63) is 65.7 Å². The number of carbonyl (C=O) groups is 2. The molecule has 7 heteroatoms. The number of carbonyl (C=O) groups excluding carboxylic acids is 2. The van der Waals surface area contributed by atoms with E-state index in [1.165, 1.54) is 19.2 Å². The second kappa shape index (κ2) is 9.17. The standard InChI is InChI=1S/C23H23NO6/c1-14(18-12-17(28-2)8-9-21(18)29-3)24-22(26)13-30-23(27)19-10-15-6-4-5-7-16(15)11-20(19)25/h4-12,14,25H,13H2,1-3H3,(H,24,26)/t14-/m0/s1. The van der Waals surface area contributed by atoms with Crippen molar-refractivity contribution < 1.29 is 28.9 Å². The van der Waals surface area contributed by atoms with Gasteiger partial charge in [-0.05, 0) is 48.0 Å². The molecule has 3 rings (SSSR count). The van der Waals surface area contributed by atoms with Crippen LogP contribution in [0.25, 0.3) is 10.8 Å². The minimum absolute atomic E-state index is 0.00372. The number of hydrogen-bond acceptors (Lipinski definition) is 6. The highest BCUT2D eigenvalue weighted by molar-refractivity contribution is 5.99. The van der Waals surface area contributed by atoms with Crippen LogP contribution in [0, 0.1) is 0 Å². The van der Waals surface area contributed by atoms with Crippen LogP contribution in [0.4, 0.5) is 0 Å². The lowest BCUT2D eigenvalue weighted by atomic mass is 10.1. The Labute approximate surface area is 174 Å². The van der Waals surface area contributed by atoms with Gasteiger partial charge in [-0.15, -0.1) is 0 Å². The Hall–Kier alpha value is -3.74. The number of rotatable bonds is 7. The summed E-state index contributed by atoms with van der Waals surface area (Å²) in [7, 11) is 3.09. The number of nitrogens with one attached hydrogen (secondary N) is 1. The third kappa shape index (κ3) is 4.63. The fourth-order valence-corrected chi connectivity index (χ4v) is 3.14. The third-order valence-corrected chi connectivity index (χ3v) is 4.70. The van der Waals surface area contributed by atoms with E-state index in [-0.39, 0.29) is 11.3 Å². The first-order chi connectivity index (χ1) is 14.4. The SMILES string of the molecule is COc1ccc(OC)c([C@H](C)NC(=O)COC(=O)c2cc3ccccc3cc2O)c1. The molecule has 0 saturated carbocycles. The molecule has 156 valence electrons. The van der Waals surface area contributed by atoms with Gasteiger partial charge in [-0.3, -0.25) is 4.79 Å². The Bertz CT molecular complexity index is 1080. The van der Waals surface area contributed by atoms with E-state index in [0.29, 0.717) is 11.5 Å². The van der Waals surface area contributed by atoms with E-state index >= 15 is 0 Å². The highest BCUT2D eigenvalue weighted by Gasteiger charge is 2.18. The second-order valence-electron chi connectivity index (χ2n) is 6.69. The van der Waals surface area contributed by atoms with Gasteiger partial charge in [0.05, 0.1) is 20.3 Å². The van der Waals surface area contributed by atoms with Gasteiger partial charge in [0, 0.05) is 5.56 Å². The maximum absolute atomic E-state index is 12.4. The summed E-state index contributed by atoms with van der Waals surface area (Å²) in [6.07, 6.45) is 0. The summed E-state index contributed by atoms with van der Waals surface area (Å²) in [6.45, 7) is 1.30. The van der Waals surface area contributed by atoms with E-state index < -0.39 is 24.5 Å². The molecular formula is C23H23NO6. The predicted octanol–water partition coefficient (Wildman–Crippen LogP) is 3.60. The highest BCUT2D eigenvalue weighted by atomic mass is 16.5. The molecule has 0 aliphatic rings. The fourth-order valence-electron chi connectivity index (χ4n) is 3.14. The van der Waals surface area contributed by atoms with Crippen LogP contribution < -0.4 is 14.8 Å². The summed E-state index contributed by atoms with van der Waals surface area (Å²) in [6, 6.07) is 15.2. The number of phenols is 1. The summed E-state index contributed by atoms with van der Waals surface area (Å²) >= 11 is 0. The fraction of sp³-hybridized carbons (Fsp3) is 0.217. The minimum Gasteiger partial charge on any atom is -0.507 e. The number of hydrogen-bond donors (Lipinski definition) is 2. The van der Waals surface area contributed by atoms with E-state index in [4.69, 9.17) is 14.2 Å². The maximum atomic E-state index is 12.4. The monoisotopic (exact) mass is 409 g/mol. The Morgan fingerprint density at radius 1 is 1.00 bits per heavy atom. The van der Waals surface area contributed by atoms with Gasteiger partial charge in [-0.25, -0.2) is 4.79 Å². The number of amides is 1. The molecule has 0 radical (unpaired) electrons. The topological polar surface area (TPSA) is 94.1 Å². The van der Waals surface area contributed by atoms with Crippen LogP contribution in [0.5, 0.6) is 17.2 Å². The van der Waals surface area contributed by atoms with Gasteiger partial charge >= 0.3 is 5.97 Å². The summed E-state index contributed by atoms with van der Waals surface area (Å²) in [5.41, 5.74) is 0.729. The number of aromatic hydroxyl groups is 1. The molecule has 1 atom stereocenters. The lowest BCUT2D eigenvalue weighted by molar-refractivity contribution is -0.124. The van der Waals surface area contributed by atoms with Gasteiger partial charge in [-0.2, -0.15) is 0 Å². The van der Waals surface area contributed by atoms with Gasteiger partial charge in [-0.1, -0.05) is 24.3 Å². The van der Waals surface area contributed by atoms with Gasteiger partial charge in [0.2, 0.25) is 0 Å². The number of phenolic OH excluding ortho intramolecular Hbond substituents is 1. The van der Waals surface area contributed by atoms with Crippen molar-refractivity contribution in [2.45, 2.75) is 13.0 Å². The molecule has 1 amide bonds. The Morgan fingerprint density at radius 3 is 2.37 bits per heavy atom. The van der Waals surface area contributed by atoms with Crippen LogP contribution in [0.2, 0.25) is 0 Å². The zero-order valence-electron chi connectivity index (χ0n) is 17.0. The van der Waals surface area contributed by atoms with E-state index in [0.717, 1.165) is 16.3 Å². The maximum Gasteiger partial charge on any atom is 0.342 e. The van der Waals surface area contributed by atoms with Crippen LogP contribution in [0.15, 0.2) is 54.6 Å². The van der Waals surface area contributed by atoms with Crippen LogP contribution >= 0.6 is 0 Å². The minimum atomic E-state index is -0.778. The van der Waals surface area contributed by atoms with Crippen molar-refractivity contribution in [2.24, 2.45) is 0 Å².